The first-order valence-corrected chi connectivity index (χ1v) is 11.3. The zero-order chi connectivity index (χ0) is 23.1. The lowest BCUT2D eigenvalue weighted by atomic mass is 9.61. The number of hydrogen-bond acceptors (Lipinski definition) is 6. The summed E-state index contributed by atoms with van der Waals surface area (Å²) in [5, 5.41) is 0. The molecule has 0 aromatic heterocycles. The average molecular weight is 567 g/mol. The standard InChI is InChI=1S/C21H25F3IN3O4/c1-30-8-9-31-15-3-2-13-11-19(6-4-14(32-25)5-7-19)21(16(13)10-15)17(29)28(18(26)27-21)12-20(22,23)24/h2-3,10,14H,4-9,11-12H2,1H3,(H2,26,27)/t14-,19-,21?. The van der Waals surface area contributed by atoms with E-state index in [0.717, 1.165) is 5.56 Å². The van der Waals surface area contributed by atoms with Crippen molar-refractivity contribution in [3.63, 3.8) is 0 Å². The van der Waals surface area contributed by atoms with Crippen LogP contribution in [0.1, 0.15) is 36.8 Å². The van der Waals surface area contributed by atoms with Crippen molar-refractivity contribution in [2.45, 2.75) is 49.9 Å². The van der Waals surface area contributed by atoms with Crippen molar-refractivity contribution < 1.29 is 30.5 Å². The second kappa shape index (κ2) is 8.64. The van der Waals surface area contributed by atoms with Crippen molar-refractivity contribution in [3.05, 3.63) is 29.3 Å². The monoisotopic (exact) mass is 567 g/mol. The number of hydrogen-bond donors (Lipinski definition) is 1. The van der Waals surface area contributed by atoms with Crippen LogP contribution < -0.4 is 10.5 Å². The van der Waals surface area contributed by atoms with Gasteiger partial charge in [0.05, 0.1) is 12.7 Å². The summed E-state index contributed by atoms with van der Waals surface area (Å²) in [6.45, 7) is -0.771. The van der Waals surface area contributed by atoms with Crippen molar-refractivity contribution in [3.8, 4) is 5.75 Å². The topological polar surface area (TPSA) is 86.4 Å². The zero-order valence-electron chi connectivity index (χ0n) is 17.6. The Morgan fingerprint density at radius 3 is 2.62 bits per heavy atom. The lowest BCUT2D eigenvalue weighted by Crippen LogP contribution is -2.53. The molecule has 1 atom stereocenters. The van der Waals surface area contributed by atoms with Gasteiger partial charge in [0.15, 0.2) is 11.5 Å². The van der Waals surface area contributed by atoms with Crippen LogP contribution in [0.2, 0.25) is 0 Å². The third kappa shape index (κ3) is 3.85. The number of amides is 1. The molecule has 1 unspecified atom stereocenters. The first-order valence-electron chi connectivity index (χ1n) is 10.4. The van der Waals surface area contributed by atoms with Crippen molar-refractivity contribution in [1.29, 1.82) is 0 Å². The van der Waals surface area contributed by atoms with E-state index < -0.39 is 35.5 Å². The molecule has 1 heterocycles. The number of benzene rings is 1. The Morgan fingerprint density at radius 2 is 2.00 bits per heavy atom. The highest BCUT2D eigenvalue weighted by Crippen LogP contribution is 2.62. The third-order valence-corrected chi connectivity index (χ3v) is 7.51. The first kappa shape index (κ1) is 23.6. The molecule has 176 valence electrons. The predicted molar refractivity (Wildman–Crippen MR) is 118 cm³/mol. The van der Waals surface area contributed by atoms with Crippen LogP contribution in [0, 0.1) is 5.41 Å². The smallest absolute Gasteiger partial charge is 0.406 e. The number of nitrogens with two attached hydrogens (primary N) is 1. The maximum absolute atomic E-state index is 13.7. The lowest BCUT2D eigenvalue weighted by molar-refractivity contribution is -0.158. The maximum Gasteiger partial charge on any atom is 0.406 e. The number of guanidine groups is 1. The van der Waals surface area contributed by atoms with Gasteiger partial charge in [-0.25, -0.2) is 4.99 Å². The first-order chi connectivity index (χ1) is 15.2. The molecule has 1 amide bonds. The number of aliphatic imine (C=N–C) groups is 1. The van der Waals surface area contributed by atoms with Gasteiger partial charge in [0.25, 0.3) is 5.91 Å². The second-order valence-corrected chi connectivity index (χ2v) is 9.10. The van der Waals surface area contributed by atoms with Crippen LogP contribution in [0.25, 0.3) is 0 Å². The van der Waals surface area contributed by atoms with E-state index in [1.54, 1.807) is 19.2 Å². The molecule has 1 aliphatic heterocycles. The van der Waals surface area contributed by atoms with Crippen LogP contribution >= 0.6 is 23.0 Å². The molecule has 1 aromatic rings. The Balaban J connectivity index is 1.78. The van der Waals surface area contributed by atoms with Crippen LogP contribution in [-0.4, -0.2) is 55.9 Å². The van der Waals surface area contributed by atoms with Gasteiger partial charge in [0.1, 0.15) is 41.9 Å². The highest BCUT2D eigenvalue weighted by molar-refractivity contribution is 14.1. The number of carbonyl (C=O) groups is 1. The van der Waals surface area contributed by atoms with E-state index in [0.29, 0.717) is 61.5 Å². The van der Waals surface area contributed by atoms with Gasteiger partial charge in [-0.1, -0.05) is 6.07 Å². The molecule has 3 aliphatic rings. The molecule has 32 heavy (non-hydrogen) atoms. The molecular weight excluding hydrogens is 542 g/mol. The maximum atomic E-state index is 13.7. The summed E-state index contributed by atoms with van der Waals surface area (Å²) in [7, 11) is 1.56. The Morgan fingerprint density at radius 1 is 1.28 bits per heavy atom. The van der Waals surface area contributed by atoms with Gasteiger partial charge in [0.2, 0.25) is 0 Å². The number of alkyl halides is 3. The van der Waals surface area contributed by atoms with Crippen molar-refractivity contribution >= 4 is 34.9 Å². The number of fused-ring (bicyclic) bond motifs is 3. The average Bonchev–Trinajstić information content (AvgIpc) is 3.15. The van der Waals surface area contributed by atoms with E-state index in [1.165, 1.54) is 0 Å². The van der Waals surface area contributed by atoms with Gasteiger partial charge in [-0.15, -0.1) is 0 Å². The van der Waals surface area contributed by atoms with Crippen LogP contribution in [0.4, 0.5) is 13.2 Å². The van der Waals surface area contributed by atoms with Gasteiger partial charge in [-0.3, -0.25) is 9.69 Å². The molecule has 1 aromatic carbocycles. The van der Waals surface area contributed by atoms with E-state index in [-0.39, 0.29) is 6.10 Å². The number of nitrogens with zero attached hydrogens (tertiary/aromatic N) is 2. The number of methoxy groups -OCH3 is 1. The summed E-state index contributed by atoms with van der Waals surface area (Å²) in [6, 6.07) is 5.41. The number of ether oxygens (including phenoxy) is 2. The molecule has 0 bridgehead atoms. The van der Waals surface area contributed by atoms with Gasteiger partial charge >= 0.3 is 6.18 Å². The minimum atomic E-state index is -4.59. The van der Waals surface area contributed by atoms with E-state index >= 15 is 0 Å². The summed E-state index contributed by atoms with van der Waals surface area (Å²) in [4.78, 5) is 18.8. The van der Waals surface area contributed by atoms with Crippen LogP contribution in [0.5, 0.6) is 5.75 Å². The van der Waals surface area contributed by atoms with Crippen LogP contribution in [0.15, 0.2) is 23.2 Å². The molecule has 1 fully saturated rings. The lowest BCUT2D eigenvalue weighted by Gasteiger charge is -2.45. The van der Waals surface area contributed by atoms with E-state index in [1.807, 2.05) is 29.1 Å². The molecular formula is C21H25F3IN3O4. The molecule has 7 nitrogen and oxygen atoms in total. The SMILES string of the molecule is COCCOc1ccc2c(c1)C1(N=C(N)N(CC(F)(F)F)C1=O)[C@]1(CC[C@H](OI)CC1)C2. The van der Waals surface area contributed by atoms with E-state index in [9.17, 15) is 18.0 Å². The van der Waals surface area contributed by atoms with Crippen LogP contribution in [-0.2, 0) is 24.6 Å². The molecule has 2 N–H and O–H groups in total. The largest absolute Gasteiger partial charge is 0.491 e. The fourth-order valence-electron chi connectivity index (χ4n) is 5.36. The number of carbonyl (C=O) groups excluding carboxylic acids is 1. The number of rotatable bonds is 6. The van der Waals surface area contributed by atoms with Gasteiger partial charge in [-0.05, 0) is 55.4 Å². The Kier molecular flexibility index (Phi) is 6.36. The second-order valence-electron chi connectivity index (χ2n) is 8.59. The Labute approximate surface area is 198 Å². The summed E-state index contributed by atoms with van der Waals surface area (Å²) in [5.74, 6) is -0.594. The van der Waals surface area contributed by atoms with Crippen LogP contribution in [0.3, 0.4) is 0 Å². The fourth-order valence-corrected chi connectivity index (χ4v) is 5.87. The Hall–Kier alpha value is -1.60. The minimum Gasteiger partial charge on any atom is -0.491 e. The van der Waals surface area contributed by atoms with Crippen molar-refractivity contribution in [1.82, 2.24) is 4.90 Å². The quantitative estimate of drug-likeness (QED) is 0.421. The predicted octanol–water partition coefficient (Wildman–Crippen LogP) is 3.48. The van der Waals surface area contributed by atoms with Gasteiger partial charge in [0, 0.05) is 12.5 Å². The molecule has 1 saturated carbocycles. The highest BCUT2D eigenvalue weighted by atomic mass is 127. The molecule has 2 spiro atoms. The minimum absolute atomic E-state index is 0.0408. The molecule has 4 rings (SSSR count). The summed E-state index contributed by atoms with van der Waals surface area (Å²) in [5.41, 5.74) is 5.27. The zero-order valence-corrected chi connectivity index (χ0v) is 19.7. The highest BCUT2D eigenvalue weighted by Gasteiger charge is 2.67. The van der Waals surface area contributed by atoms with Crippen molar-refractivity contribution in [2.75, 3.05) is 26.9 Å². The third-order valence-electron chi connectivity index (χ3n) is 6.79. The summed E-state index contributed by atoms with van der Waals surface area (Å²) < 4.78 is 55.9. The number of halogens is 4. The molecule has 0 saturated heterocycles. The van der Waals surface area contributed by atoms with E-state index in [2.05, 4.69) is 4.99 Å². The summed E-state index contributed by atoms with van der Waals surface area (Å²) in [6.07, 6.45) is -1.44. The molecule has 2 aliphatic carbocycles. The van der Waals surface area contributed by atoms with E-state index in [4.69, 9.17) is 18.3 Å². The molecule has 0 radical (unpaired) electrons. The summed E-state index contributed by atoms with van der Waals surface area (Å²) >= 11 is 1.87. The fraction of sp³-hybridized carbons (Fsp3) is 0.619. The molecule has 11 heteroatoms. The normalized spacial score (nSPS) is 29.7. The Bertz CT molecular complexity index is 918. The van der Waals surface area contributed by atoms with Gasteiger partial charge in [-0.2, -0.15) is 13.2 Å². The van der Waals surface area contributed by atoms with Gasteiger partial charge < -0.3 is 18.3 Å². The van der Waals surface area contributed by atoms with Crippen molar-refractivity contribution in [2.24, 2.45) is 16.1 Å².